The topological polar surface area (TPSA) is 74.4 Å². The van der Waals surface area contributed by atoms with E-state index >= 15 is 0 Å². The van der Waals surface area contributed by atoms with Crippen molar-refractivity contribution in [1.82, 2.24) is 4.57 Å². The zero-order valence-electron chi connectivity index (χ0n) is 10.9. The molecule has 0 bridgehead atoms. The summed E-state index contributed by atoms with van der Waals surface area (Å²) in [6.45, 7) is 5.29. The smallest absolute Gasteiger partial charge is 0.418 e. The van der Waals surface area contributed by atoms with Gasteiger partial charge in [0.1, 0.15) is 5.60 Å². The van der Waals surface area contributed by atoms with Gasteiger partial charge in [0.25, 0.3) is 5.69 Å². The Morgan fingerprint density at radius 3 is 2.58 bits per heavy atom. The summed E-state index contributed by atoms with van der Waals surface area (Å²) in [4.78, 5) is 22.2. The number of fused-ring (bicyclic) bond motifs is 1. The van der Waals surface area contributed by atoms with Gasteiger partial charge in [0.15, 0.2) is 0 Å². The quantitative estimate of drug-likeness (QED) is 0.583. The molecule has 19 heavy (non-hydrogen) atoms. The third-order valence-corrected chi connectivity index (χ3v) is 2.48. The van der Waals surface area contributed by atoms with Gasteiger partial charge in [0.05, 0.1) is 10.4 Å². The third kappa shape index (κ3) is 2.73. The van der Waals surface area contributed by atoms with Gasteiger partial charge >= 0.3 is 6.09 Å². The van der Waals surface area contributed by atoms with Crippen molar-refractivity contribution in [1.29, 1.82) is 0 Å². The summed E-state index contributed by atoms with van der Waals surface area (Å²) >= 11 is 0. The minimum absolute atomic E-state index is 0.0593. The highest BCUT2D eigenvalue weighted by molar-refractivity contribution is 5.90. The zero-order valence-corrected chi connectivity index (χ0v) is 10.9. The number of hydrogen-bond donors (Lipinski definition) is 0. The Hall–Kier alpha value is -2.37. The fourth-order valence-electron chi connectivity index (χ4n) is 1.70. The number of non-ortho nitro benzene ring substituents is 1. The van der Waals surface area contributed by atoms with Gasteiger partial charge in [0.2, 0.25) is 0 Å². The molecule has 0 fully saturated rings. The molecule has 0 N–H and O–H groups in total. The molecular weight excluding hydrogens is 248 g/mol. The molecule has 1 aromatic heterocycles. The minimum atomic E-state index is -0.617. The SMILES string of the molecule is CC(C)(C)OC(=O)n1ccc2ccc([N+](=O)[O-])cc21. The van der Waals surface area contributed by atoms with E-state index in [4.69, 9.17) is 4.74 Å². The molecule has 100 valence electrons. The number of nitro benzene ring substituents is 1. The first kappa shape index (κ1) is 13.1. The van der Waals surface area contributed by atoms with Gasteiger partial charge in [-0.05, 0) is 32.9 Å². The molecule has 0 spiro atoms. The molecule has 6 heteroatoms. The Morgan fingerprint density at radius 2 is 2.00 bits per heavy atom. The largest absolute Gasteiger partial charge is 0.443 e. The summed E-state index contributed by atoms with van der Waals surface area (Å²) in [6, 6.07) is 6.08. The standard InChI is InChI=1S/C13H14N2O4/c1-13(2,3)19-12(16)14-7-6-9-4-5-10(15(17)18)8-11(9)14/h4-8H,1-3H3. The summed E-state index contributed by atoms with van der Waals surface area (Å²) in [5.41, 5.74) is -0.214. The molecule has 0 saturated heterocycles. The average molecular weight is 262 g/mol. The highest BCUT2D eigenvalue weighted by atomic mass is 16.6. The van der Waals surface area contributed by atoms with Crippen LogP contribution in [-0.4, -0.2) is 21.2 Å². The van der Waals surface area contributed by atoms with E-state index in [0.717, 1.165) is 5.39 Å². The molecule has 0 amide bonds. The Balaban J connectivity index is 2.46. The Kier molecular flexibility index (Phi) is 3.01. The summed E-state index contributed by atoms with van der Waals surface area (Å²) in [5.74, 6) is 0. The molecule has 0 atom stereocenters. The van der Waals surface area contributed by atoms with E-state index in [1.54, 1.807) is 39.1 Å². The van der Waals surface area contributed by atoms with Crippen LogP contribution in [0.5, 0.6) is 0 Å². The highest BCUT2D eigenvalue weighted by Crippen LogP contribution is 2.23. The van der Waals surface area contributed by atoms with E-state index in [0.29, 0.717) is 5.52 Å². The van der Waals surface area contributed by atoms with E-state index in [-0.39, 0.29) is 5.69 Å². The van der Waals surface area contributed by atoms with Crippen LogP contribution in [0.15, 0.2) is 30.5 Å². The van der Waals surface area contributed by atoms with Crippen LogP contribution < -0.4 is 0 Å². The lowest BCUT2D eigenvalue weighted by Crippen LogP contribution is -2.26. The summed E-state index contributed by atoms with van der Waals surface area (Å²) < 4.78 is 6.52. The first-order valence-electron chi connectivity index (χ1n) is 5.77. The van der Waals surface area contributed by atoms with Crippen LogP contribution in [0, 0.1) is 10.1 Å². The number of rotatable bonds is 1. The molecule has 2 rings (SSSR count). The number of carbonyl (C=O) groups is 1. The Morgan fingerprint density at radius 1 is 1.32 bits per heavy atom. The Bertz CT molecular complexity index is 652. The lowest BCUT2D eigenvalue weighted by molar-refractivity contribution is -0.384. The van der Waals surface area contributed by atoms with Crippen molar-refractivity contribution in [2.45, 2.75) is 26.4 Å². The van der Waals surface area contributed by atoms with E-state index in [9.17, 15) is 14.9 Å². The van der Waals surface area contributed by atoms with E-state index < -0.39 is 16.6 Å². The van der Waals surface area contributed by atoms with Crippen molar-refractivity contribution >= 4 is 22.7 Å². The van der Waals surface area contributed by atoms with Gasteiger partial charge in [-0.15, -0.1) is 0 Å². The fourth-order valence-corrected chi connectivity index (χ4v) is 1.70. The number of carbonyl (C=O) groups excluding carboxylic acids is 1. The van der Waals surface area contributed by atoms with Crippen molar-refractivity contribution in [2.24, 2.45) is 0 Å². The number of nitrogens with zero attached hydrogens (tertiary/aromatic N) is 2. The maximum Gasteiger partial charge on any atom is 0.418 e. The van der Waals surface area contributed by atoms with Crippen molar-refractivity contribution in [3.8, 4) is 0 Å². The van der Waals surface area contributed by atoms with E-state index in [1.165, 1.54) is 16.7 Å². The second-order valence-corrected chi connectivity index (χ2v) is 5.17. The van der Waals surface area contributed by atoms with Gasteiger partial charge in [0, 0.05) is 23.7 Å². The average Bonchev–Trinajstić information content (AvgIpc) is 2.68. The molecule has 2 aromatic rings. The van der Waals surface area contributed by atoms with Gasteiger partial charge in [-0.25, -0.2) is 4.79 Å². The fraction of sp³-hybridized carbons (Fsp3) is 0.308. The van der Waals surface area contributed by atoms with Crippen LogP contribution in [0.1, 0.15) is 20.8 Å². The van der Waals surface area contributed by atoms with Crippen LogP contribution in [0.25, 0.3) is 10.9 Å². The van der Waals surface area contributed by atoms with Crippen LogP contribution in [-0.2, 0) is 4.74 Å². The molecule has 1 aromatic carbocycles. The summed E-state index contributed by atoms with van der Waals surface area (Å²) in [6.07, 6.45) is 0.991. The van der Waals surface area contributed by atoms with E-state index in [2.05, 4.69) is 0 Å². The maximum atomic E-state index is 12.0. The van der Waals surface area contributed by atoms with E-state index in [1.807, 2.05) is 0 Å². The molecule has 0 aliphatic rings. The summed E-state index contributed by atoms with van der Waals surface area (Å²) in [5, 5.41) is 11.5. The van der Waals surface area contributed by atoms with Gasteiger partial charge < -0.3 is 4.74 Å². The molecule has 0 aliphatic heterocycles. The molecule has 0 unspecified atom stereocenters. The lowest BCUT2D eigenvalue weighted by atomic mass is 10.2. The van der Waals surface area contributed by atoms with Gasteiger partial charge in [-0.3, -0.25) is 14.7 Å². The minimum Gasteiger partial charge on any atom is -0.443 e. The van der Waals surface area contributed by atoms with Crippen LogP contribution in [0.2, 0.25) is 0 Å². The van der Waals surface area contributed by atoms with Crippen LogP contribution in [0.4, 0.5) is 10.5 Å². The maximum absolute atomic E-state index is 12.0. The first-order valence-corrected chi connectivity index (χ1v) is 5.77. The number of hydrogen-bond acceptors (Lipinski definition) is 4. The first-order chi connectivity index (χ1) is 8.78. The third-order valence-electron chi connectivity index (χ3n) is 2.48. The Labute approximate surface area is 109 Å². The normalized spacial score (nSPS) is 11.5. The number of aromatic nitrogens is 1. The molecule has 0 radical (unpaired) electrons. The highest BCUT2D eigenvalue weighted by Gasteiger charge is 2.19. The molecular formula is C13H14N2O4. The van der Waals surface area contributed by atoms with Crippen molar-refractivity contribution in [3.05, 3.63) is 40.6 Å². The summed E-state index contributed by atoms with van der Waals surface area (Å²) in [7, 11) is 0. The molecule has 1 heterocycles. The predicted molar refractivity (Wildman–Crippen MR) is 70.2 cm³/mol. The number of benzene rings is 1. The van der Waals surface area contributed by atoms with Gasteiger partial charge in [-0.2, -0.15) is 0 Å². The molecule has 0 aliphatic carbocycles. The van der Waals surface area contributed by atoms with Crippen LogP contribution >= 0.6 is 0 Å². The zero-order chi connectivity index (χ0) is 14.2. The second kappa shape index (κ2) is 4.38. The van der Waals surface area contributed by atoms with Crippen molar-refractivity contribution < 1.29 is 14.5 Å². The van der Waals surface area contributed by atoms with Gasteiger partial charge in [-0.1, -0.05) is 0 Å². The second-order valence-electron chi connectivity index (χ2n) is 5.17. The van der Waals surface area contributed by atoms with Crippen LogP contribution in [0.3, 0.4) is 0 Å². The predicted octanol–water partition coefficient (Wildman–Crippen LogP) is 3.33. The molecule has 0 saturated carbocycles. The van der Waals surface area contributed by atoms with Crippen molar-refractivity contribution in [2.75, 3.05) is 0 Å². The monoisotopic (exact) mass is 262 g/mol. The van der Waals surface area contributed by atoms with Crippen molar-refractivity contribution in [3.63, 3.8) is 0 Å². The number of ether oxygens (including phenoxy) is 1. The lowest BCUT2D eigenvalue weighted by Gasteiger charge is -2.19. The molecule has 6 nitrogen and oxygen atoms in total. The number of nitro groups is 1.